The molecule has 0 aliphatic rings. The molecule has 3 heteroatoms. The Balaban J connectivity index is 2.50. The van der Waals surface area contributed by atoms with E-state index >= 15 is 0 Å². The Morgan fingerprint density at radius 3 is 2.50 bits per heavy atom. The topological polar surface area (TPSA) is 30.0 Å². The molecule has 2 nitrogen and oxygen atoms in total. The van der Waals surface area contributed by atoms with Crippen LogP contribution in [0.3, 0.4) is 0 Å². The maximum absolute atomic E-state index is 12.2. The van der Waals surface area contributed by atoms with E-state index in [0.717, 1.165) is 10.2 Å². The number of hydrogen-bond acceptors (Lipinski definition) is 2. The highest BCUT2D eigenvalue weighted by Gasteiger charge is 2.15. The summed E-state index contributed by atoms with van der Waals surface area (Å²) in [6.07, 6.45) is 1.68. The van der Waals surface area contributed by atoms with Crippen LogP contribution in [-0.4, -0.2) is 10.8 Å². The Labute approximate surface area is 102 Å². The van der Waals surface area contributed by atoms with Gasteiger partial charge in [0.15, 0.2) is 5.78 Å². The van der Waals surface area contributed by atoms with E-state index in [1.807, 2.05) is 25.1 Å². The van der Waals surface area contributed by atoms with Crippen LogP contribution in [0.4, 0.5) is 0 Å². The molecule has 0 spiro atoms. The number of pyridine rings is 1. The van der Waals surface area contributed by atoms with Gasteiger partial charge in [-0.1, -0.05) is 30.3 Å². The maximum atomic E-state index is 12.2. The highest BCUT2D eigenvalue weighted by Crippen LogP contribution is 2.21. The Bertz CT molecular complexity index is 502. The number of carbonyl (C=O) groups excluding carboxylic acids is 1. The number of aromatic nitrogens is 1. The zero-order chi connectivity index (χ0) is 11.5. The van der Waals surface area contributed by atoms with Crippen molar-refractivity contribution in [3.05, 3.63) is 63.9 Å². The molecule has 0 N–H and O–H groups in total. The molecular formula is C13H10BrNO. The smallest absolute Gasteiger partial charge is 0.195 e. The standard InChI is InChI=1S/C13H10BrNO/c1-9-12(11(14)7-8-15-9)13(16)10-5-3-2-4-6-10/h2-8H,1H3. The molecule has 0 saturated heterocycles. The highest BCUT2D eigenvalue weighted by molar-refractivity contribution is 9.10. The van der Waals surface area contributed by atoms with Crippen molar-refractivity contribution in [3.8, 4) is 0 Å². The van der Waals surface area contributed by atoms with Gasteiger partial charge in [-0.15, -0.1) is 0 Å². The first-order chi connectivity index (χ1) is 7.70. The van der Waals surface area contributed by atoms with E-state index in [0.29, 0.717) is 11.1 Å². The molecule has 0 saturated carbocycles. The largest absolute Gasteiger partial charge is 0.288 e. The zero-order valence-electron chi connectivity index (χ0n) is 8.77. The normalized spacial score (nSPS) is 10.1. The summed E-state index contributed by atoms with van der Waals surface area (Å²) in [5, 5.41) is 0. The lowest BCUT2D eigenvalue weighted by atomic mass is 10.0. The fraction of sp³-hybridized carbons (Fsp3) is 0.0769. The quantitative estimate of drug-likeness (QED) is 0.787. The van der Waals surface area contributed by atoms with Crippen molar-refractivity contribution < 1.29 is 4.79 Å². The number of nitrogens with zero attached hydrogens (tertiary/aromatic N) is 1. The Morgan fingerprint density at radius 2 is 1.88 bits per heavy atom. The molecule has 0 radical (unpaired) electrons. The molecule has 0 bridgehead atoms. The molecule has 0 aliphatic carbocycles. The Kier molecular flexibility index (Phi) is 3.15. The van der Waals surface area contributed by atoms with Gasteiger partial charge in [0.05, 0.1) is 5.56 Å². The summed E-state index contributed by atoms with van der Waals surface area (Å²) >= 11 is 3.38. The predicted octanol–water partition coefficient (Wildman–Crippen LogP) is 3.38. The zero-order valence-corrected chi connectivity index (χ0v) is 10.4. The van der Waals surface area contributed by atoms with Gasteiger partial charge in [0.2, 0.25) is 0 Å². The number of aryl methyl sites for hydroxylation is 1. The van der Waals surface area contributed by atoms with Gasteiger partial charge in [0, 0.05) is 21.9 Å². The summed E-state index contributed by atoms with van der Waals surface area (Å²) in [5.74, 6) is -0.00178. The van der Waals surface area contributed by atoms with Crippen LogP contribution in [0.25, 0.3) is 0 Å². The van der Waals surface area contributed by atoms with Crippen LogP contribution in [0.15, 0.2) is 47.1 Å². The van der Waals surface area contributed by atoms with Crippen molar-refractivity contribution in [1.82, 2.24) is 4.98 Å². The SMILES string of the molecule is Cc1nccc(Br)c1C(=O)c1ccccc1. The molecule has 0 atom stereocenters. The molecule has 16 heavy (non-hydrogen) atoms. The number of halogens is 1. The molecule has 1 heterocycles. The van der Waals surface area contributed by atoms with Crippen LogP contribution in [0, 0.1) is 6.92 Å². The molecule has 0 unspecified atom stereocenters. The maximum Gasteiger partial charge on any atom is 0.195 e. The highest BCUT2D eigenvalue weighted by atomic mass is 79.9. The van der Waals surface area contributed by atoms with Crippen molar-refractivity contribution in [1.29, 1.82) is 0 Å². The van der Waals surface area contributed by atoms with Crippen molar-refractivity contribution in [2.24, 2.45) is 0 Å². The second-order valence-corrected chi connectivity index (χ2v) is 4.30. The third kappa shape index (κ3) is 2.04. The van der Waals surface area contributed by atoms with Crippen LogP contribution in [0.5, 0.6) is 0 Å². The molecule has 1 aromatic carbocycles. The monoisotopic (exact) mass is 275 g/mol. The van der Waals surface area contributed by atoms with Crippen LogP contribution in [0.2, 0.25) is 0 Å². The summed E-state index contributed by atoms with van der Waals surface area (Å²) in [7, 11) is 0. The molecule has 0 fully saturated rings. The minimum absolute atomic E-state index is 0.00178. The molecular weight excluding hydrogens is 266 g/mol. The summed E-state index contributed by atoms with van der Waals surface area (Å²) in [4.78, 5) is 16.4. The lowest BCUT2D eigenvalue weighted by Crippen LogP contribution is -2.05. The van der Waals surface area contributed by atoms with Crippen molar-refractivity contribution in [2.45, 2.75) is 6.92 Å². The van der Waals surface area contributed by atoms with E-state index < -0.39 is 0 Å². The molecule has 0 amide bonds. The number of hydrogen-bond donors (Lipinski definition) is 0. The fourth-order valence-corrected chi connectivity index (χ4v) is 2.13. The minimum Gasteiger partial charge on any atom is -0.288 e. The average Bonchev–Trinajstić information content (AvgIpc) is 2.30. The summed E-state index contributed by atoms with van der Waals surface area (Å²) in [5.41, 5.74) is 2.05. The van der Waals surface area contributed by atoms with Crippen molar-refractivity contribution in [2.75, 3.05) is 0 Å². The van der Waals surface area contributed by atoms with Crippen molar-refractivity contribution >= 4 is 21.7 Å². The molecule has 0 aliphatic heterocycles. The van der Waals surface area contributed by atoms with E-state index in [1.165, 1.54) is 0 Å². The predicted molar refractivity (Wildman–Crippen MR) is 66.5 cm³/mol. The Hall–Kier alpha value is -1.48. The molecule has 2 rings (SSSR count). The number of ketones is 1. The van der Waals surface area contributed by atoms with E-state index in [9.17, 15) is 4.79 Å². The van der Waals surface area contributed by atoms with Gasteiger partial charge in [-0.3, -0.25) is 9.78 Å². The third-order valence-electron chi connectivity index (χ3n) is 2.35. The van der Waals surface area contributed by atoms with Crippen LogP contribution >= 0.6 is 15.9 Å². The van der Waals surface area contributed by atoms with Gasteiger partial charge in [0.25, 0.3) is 0 Å². The Morgan fingerprint density at radius 1 is 1.19 bits per heavy atom. The van der Waals surface area contributed by atoms with Crippen LogP contribution in [0.1, 0.15) is 21.6 Å². The van der Waals surface area contributed by atoms with Crippen LogP contribution in [-0.2, 0) is 0 Å². The lowest BCUT2D eigenvalue weighted by Gasteiger charge is -2.06. The minimum atomic E-state index is -0.00178. The van der Waals surface area contributed by atoms with Gasteiger partial charge in [-0.05, 0) is 28.9 Å². The van der Waals surface area contributed by atoms with Gasteiger partial charge in [-0.25, -0.2) is 0 Å². The first-order valence-electron chi connectivity index (χ1n) is 4.91. The summed E-state index contributed by atoms with van der Waals surface area (Å²) in [6.45, 7) is 1.83. The fourth-order valence-electron chi connectivity index (χ4n) is 1.54. The summed E-state index contributed by atoms with van der Waals surface area (Å²) < 4.78 is 0.786. The number of benzene rings is 1. The van der Waals surface area contributed by atoms with E-state index in [-0.39, 0.29) is 5.78 Å². The van der Waals surface area contributed by atoms with Gasteiger partial charge < -0.3 is 0 Å². The van der Waals surface area contributed by atoms with Crippen LogP contribution < -0.4 is 0 Å². The summed E-state index contributed by atoms with van der Waals surface area (Å²) in [6, 6.07) is 11.0. The molecule has 80 valence electrons. The molecule has 1 aromatic heterocycles. The first-order valence-corrected chi connectivity index (χ1v) is 5.70. The second-order valence-electron chi connectivity index (χ2n) is 3.45. The van der Waals surface area contributed by atoms with Gasteiger partial charge in [0.1, 0.15) is 0 Å². The lowest BCUT2D eigenvalue weighted by molar-refractivity contribution is 0.103. The van der Waals surface area contributed by atoms with Crippen molar-refractivity contribution in [3.63, 3.8) is 0 Å². The second kappa shape index (κ2) is 4.58. The van der Waals surface area contributed by atoms with E-state index in [1.54, 1.807) is 24.4 Å². The van der Waals surface area contributed by atoms with E-state index in [2.05, 4.69) is 20.9 Å². The number of rotatable bonds is 2. The first kappa shape index (κ1) is 11.0. The van der Waals surface area contributed by atoms with E-state index in [4.69, 9.17) is 0 Å². The average molecular weight is 276 g/mol. The number of carbonyl (C=O) groups is 1. The van der Waals surface area contributed by atoms with Gasteiger partial charge >= 0.3 is 0 Å². The third-order valence-corrected chi connectivity index (χ3v) is 3.01. The molecule has 2 aromatic rings. The van der Waals surface area contributed by atoms with Gasteiger partial charge in [-0.2, -0.15) is 0 Å².